The molecule has 6 nitrogen and oxygen atoms in total. The fourth-order valence-electron chi connectivity index (χ4n) is 2.60. The van der Waals surface area contributed by atoms with Crippen LogP contribution >= 0.6 is 11.5 Å². The molecule has 2 aromatic rings. The van der Waals surface area contributed by atoms with Crippen LogP contribution in [-0.4, -0.2) is 57.8 Å². The Labute approximate surface area is 139 Å². The number of rotatable bonds is 4. The number of aromatic nitrogens is 2. The van der Waals surface area contributed by atoms with Gasteiger partial charge in [-0.1, -0.05) is 12.1 Å². The van der Waals surface area contributed by atoms with Crippen LogP contribution in [0.4, 0.5) is 5.69 Å². The lowest BCUT2D eigenvalue weighted by Gasteiger charge is -2.33. The summed E-state index contributed by atoms with van der Waals surface area (Å²) in [6, 6.07) is 5.55. The minimum Gasteiger partial charge on any atom is -0.396 e. The molecule has 0 spiro atoms. The maximum absolute atomic E-state index is 12.7. The molecular weight excluding hydrogens is 310 g/mol. The van der Waals surface area contributed by atoms with Crippen LogP contribution in [-0.2, 0) is 0 Å². The van der Waals surface area contributed by atoms with Crippen LogP contribution < -0.4 is 5.73 Å². The topological polar surface area (TPSA) is 75.3 Å². The van der Waals surface area contributed by atoms with Crippen molar-refractivity contribution < 1.29 is 4.79 Å². The Balaban J connectivity index is 1.74. The van der Waals surface area contributed by atoms with Gasteiger partial charge in [0.05, 0.1) is 11.4 Å². The van der Waals surface area contributed by atoms with E-state index in [9.17, 15) is 4.79 Å². The molecule has 0 unspecified atom stereocenters. The van der Waals surface area contributed by atoms with Crippen molar-refractivity contribution in [3.05, 3.63) is 41.9 Å². The normalized spacial score (nSPS) is 15.6. The predicted octanol–water partition coefficient (Wildman–Crippen LogP) is 1.73. The van der Waals surface area contributed by atoms with Crippen LogP contribution in [0, 0.1) is 0 Å². The molecule has 1 aliphatic heterocycles. The number of carbonyl (C=O) groups excluding carboxylic acids is 1. The van der Waals surface area contributed by atoms with E-state index in [0.717, 1.165) is 31.2 Å². The maximum Gasteiger partial charge on any atom is 0.267 e. The summed E-state index contributed by atoms with van der Waals surface area (Å²) in [5, 5.41) is 0. The molecular formula is C16H19N5OS. The third-order valence-corrected chi connectivity index (χ3v) is 4.73. The SMILES string of the molecule is C=CCN1CCN(C(=O)c2snc(-c3ccccn3)c2N)CC1. The summed E-state index contributed by atoms with van der Waals surface area (Å²) in [6.45, 7) is 7.70. The van der Waals surface area contributed by atoms with E-state index >= 15 is 0 Å². The average molecular weight is 329 g/mol. The summed E-state index contributed by atoms with van der Waals surface area (Å²) in [4.78, 5) is 21.5. The minimum atomic E-state index is -0.0413. The number of hydrogen-bond donors (Lipinski definition) is 1. The standard InChI is InChI=1S/C16H19N5OS/c1-2-7-20-8-10-21(11-9-20)16(22)15-13(17)14(19-23-15)12-5-3-4-6-18-12/h2-6H,1,7-11,17H2. The highest BCUT2D eigenvalue weighted by Crippen LogP contribution is 2.30. The van der Waals surface area contributed by atoms with E-state index in [2.05, 4.69) is 20.8 Å². The zero-order valence-corrected chi connectivity index (χ0v) is 13.6. The molecule has 0 atom stereocenters. The van der Waals surface area contributed by atoms with Gasteiger partial charge in [0, 0.05) is 38.9 Å². The number of carbonyl (C=O) groups is 1. The quantitative estimate of drug-likeness (QED) is 0.865. The fourth-order valence-corrected chi connectivity index (χ4v) is 3.38. The molecule has 1 saturated heterocycles. The zero-order valence-electron chi connectivity index (χ0n) is 12.8. The highest BCUT2D eigenvalue weighted by Gasteiger charge is 2.26. The van der Waals surface area contributed by atoms with Crippen molar-refractivity contribution in [3.8, 4) is 11.4 Å². The van der Waals surface area contributed by atoms with E-state index in [1.807, 2.05) is 29.2 Å². The first kappa shape index (κ1) is 15.6. The van der Waals surface area contributed by atoms with Gasteiger partial charge >= 0.3 is 0 Å². The Morgan fingerprint density at radius 3 is 2.78 bits per heavy atom. The van der Waals surface area contributed by atoms with Gasteiger partial charge in [-0.25, -0.2) is 0 Å². The molecule has 0 radical (unpaired) electrons. The Hall–Kier alpha value is -2.25. The predicted molar refractivity (Wildman–Crippen MR) is 92.3 cm³/mol. The highest BCUT2D eigenvalue weighted by atomic mass is 32.1. The molecule has 2 aromatic heterocycles. The Kier molecular flexibility index (Phi) is 4.68. The van der Waals surface area contributed by atoms with Crippen molar-refractivity contribution in [2.24, 2.45) is 0 Å². The molecule has 3 rings (SSSR count). The molecule has 3 heterocycles. The number of amides is 1. The zero-order chi connectivity index (χ0) is 16.2. The Morgan fingerprint density at radius 1 is 1.35 bits per heavy atom. The molecule has 1 amide bonds. The Bertz CT molecular complexity index is 692. The van der Waals surface area contributed by atoms with Crippen molar-refractivity contribution in [2.75, 3.05) is 38.5 Å². The highest BCUT2D eigenvalue weighted by molar-refractivity contribution is 7.09. The third-order valence-electron chi connectivity index (χ3n) is 3.88. The third kappa shape index (κ3) is 3.25. The summed E-state index contributed by atoms with van der Waals surface area (Å²) >= 11 is 1.15. The molecule has 1 fully saturated rings. The first-order valence-corrected chi connectivity index (χ1v) is 8.27. The van der Waals surface area contributed by atoms with Crippen LogP contribution in [0.1, 0.15) is 9.67 Å². The molecule has 0 aliphatic carbocycles. The van der Waals surface area contributed by atoms with Crippen molar-refractivity contribution in [3.63, 3.8) is 0 Å². The molecule has 7 heteroatoms. The molecule has 0 saturated carbocycles. The lowest BCUT2D eigenvalue weighted by Crippen LogP contribution is -2.48. The van der Waals surface area contributed by atoms with Gasteiger partial charge in [-0.15, -0.1) is 6.58 Å². The maximum atomic E-state index is 12.7. The number of anilines is 1. The van der Waals surface area contributed by atoms with Gasteiger partial charge < -0.3 is 10.6 Å². The lowest BCUT2D eigenvalue weighted by molar-refractivity contribution is 0.0656. The summed E-state index contributed by atoms with van der Waals surface area (Å²) in [7, 11) is 0. The van der Waals surface area contributed by atoms with Crippen LogP contribution in [0.5, 0.6) is 0 Å². The van der Waals surface area contributed by atoms with E-state index in [1.54, 1.807) is 6.20 Å². The first-order chi connectivity index (χ1) is 11.2. The van der Waals surface area contributed by atoms with Gasteiger partial charge in [0.1, 0.15) is 10.6 Å². The smallest absolute Gasteiger partial charge is 0.267 e. The number of nitrogens with two attached hydrogens (primary N) is 1. The number of nitrogens with zero attached hydrogens (tertiary/aromatic N) is 4. The summed E-state index contributed by atoms with van der Waals surface area (Å²) < 4.78 is 4.33. The monoisotopic (exact) mass is 329 g/mol. The van der Waals surface area contributed by atoms with Crippen LogP contribution in [0.25, 0.3) is 11.4 Å². The second-order valence-corrected chi connectivity index (χ2v) is 6.14. The van der Waals surface area contributed by atoms with E-state index < -0.39 is 0 Å². The average Bonchev–Trinajstić information content (AvgIpc) is 2.97. The Morgan fingerprint density at radius 2 is 2.13 bits per heavy atom. The summed E-state index contributed by atoms with van der Waals surface area (Å²) in [5.41, 5.74) is 7.86. The summed E-state index contributed by atoms with van der Waals surface area (Å²) in [6.07, 6.45) is 3.58. The minimum absolute atomic E-state index is 0.0413. The number of pyridine rings is 1. The van der Waals surface area contributed by atoms with Crippen LogP contribution in [0.2, 0.25) is 0 Å². The molecule has 0 bridgehead atoms. The van der Waals surface area contributed by atoms with Gasteiger partial charge in [-0.05, 0) is 23.7 Å². The second kappa shape index (κ2) is 6.89. The molecule has 1 aliphatic rings. The van der Waals surface area contributed by atoms with E-state index in [4.69, 9.17) is 5.73 Å². The van der Waals surface area contributed by atoms with Gasteiger partial charge in [0.15, 0.2) is 0 Å². The van der Waals surface area contributed by atoms with Crippen LogP contribution in [0.15, 0.2) is 37.1 Å². The molecule has 0 aromatic carbocycles. The van der Waals surface area contributed by atoms with Gasteiger partial charge in [0.2, 0.25) is 0 Å². The molecule has 2 N–H and O–H groups in total. The van der Waals surface area contributed by atoms with Crippen molar-refractivity contribution in [1.29, 1.82) is 0 Å². The van der Waals surface area contributed by atoms with Crippen molar-refractivity contribution >= 4 is 23.1 Å². The second-order valence-electron chi connectivity index (χ2n) is 5.37. The van der Waals surface area contributed by atoms with Gasteiger partial charge in [-0.3, -0.25) is 14.7 Å². The van der Waals surface area contributed by atoms with Crippen molar-refractivity contribution in [2.45, 2.75) is 0 Å². The largest absolute Gasteiger partial charge is 0.396 e. The lowest BCUT2D eigenvalue weighted by atomic mass is 10.2. The number of piperazine rings is 1. The van der Waals surface area contributed by atoms with Gasteiger partial charge in [-0.2, -0.15) is 4.37 Å². The summed E-state index contributed by atoms with van der Waals surface area (Å²) in [5.74, 6) is -0.0413. The van der Waals surface area contributed by atoms with Gasteiger partial charge in [0.25, 0.3) is 5.91 Å². The van der Waals surface area contributed by atoms with Crippen LogP contribution in [0.3, 0.4) is 0 Å². The number of hydrogen-bond acceptors (Lipinski definition) is 6. The van der Waals surface area contributed by atoms with E-state index in [0.29, 0.717) is 35.0 Å². The number of nitrogen functional groups attached to an aromatic ring is 1. The molecule has 23 heavy (non-hydrogen) atoms. The fraction of sp³-hybridized carbons (Fsp3) is 0.312. The van der Waals surface area contributed by atoms with E-state index in [-0.39, 0.29) is 5.91 Å². The first-order valence-electron chi connectivity index (χ1n) is 7.49. The van der Waals surface area contributed by atoms with E-state index in [1.165, 1.54) is 0 Å². The van der Waals surface area contributed by atoms with Crippen molar-refractivity contribution in [1.82, 2.24) is 19.2 Å². The molecule has 120 valence electrons.